The molecule has 1 unspecified atom stereocenters. The second kappa shape index (κ2) is 7.23. The Morgan fingerprint density at radius 3 is 2.24 bits per heavy atom. The van der Waals surface area contributed by atoms with Gasteiger partial charge in [0.05, 0.1) is 4.90 Å². The summed E-state index contributed by atoms with van der Waals surface area (Å²) in [6, 6.07) is 14.5. The predicted molar refractivity (Wildman–Crippen MR) is 96.3 cm³/mol. The van der Waals surface area contributed by atoms with Crippen LogP contribution in [0.3, 0.4) is 0 Å². The van der Waals surface area contributed by atoms with E-state index in [1.807, 2.05) is 18.2 Å². The van der Waals surface area contributed by atoms with Gasteiger partial charge in [0.25, 0.3) is 0 Å². The molecule has 0 aromatic heterocycles. The molecule has 2 aromatic carbocycles. The molecule has 1 fully saturated rings. The fourth-order valence-electron chi connectivity index (χ4n) is 3.16. The first-order valence-electron chi connectivity index (χ1n) is 8.45. The van der Waals surface area contributed by atoms with Crippen LogP contribution in [-0.2, 0) is 10.0 Å². The Balaban J connectivity index is 1.70. The number of sulfonamides is 1. The minimum Gasteiger partial charge on any atom is -0.294 e. The third-order valence-electron chi connectivity index (χ3n) is 4.88. The van der Waals surface area contributed by atoms with Crippen molar-refractivity contribution in [1.29, 1.82) is 0 Å². The van der Waals surface area contributed by atoms with Crippen LogP contribution in [-0.4, -0.2) is 43.8 Å². The average Bonchev–Trinajstić information content (AvgIpc) is 2.64. The third kappa shape index (κ3) is 3.76. The second-order valence-electron chi connectivity index (χ2n) is 6.44. The summed E-state index contributed by atoms with van der Waals surface area (Å²) in [4.78, 5) is 2.30. The van der Waals surface area contributed by atoms with E-state index in [0.29, 0.717) is 31.7 Å². The van der Waals surface area contributed by atoms with Crippen LogP contribution in [0.4, 0.5) is 4.39 Å². The van der Waals surface area contributed by atoms with Gasteiger partial charge < -0.3 is 0 Å². The molecule has 25 heavy (non-hydrogen) atoms. The highest BCUT2D eigenvalue weighted by molar-refractivity contribution is 7.89. The summed E-state index contributed by atoms with van der Waals surface area (Å²) in [6.07, 6.45) is 0. The molecule has 2 aromatic rings. The fourth-order valence-corrected chi connectivity index (χ4v) is 4.59. The molecule has 0 bridgehead atoms. The zero-order valence-electron chi connectivity index (χ0n) is 14.5. The average molecular weight is 362 g/mol. The van der Waals surface area contributed by atoms with Gasteiger partial charge in [-0.1, -0.05) is 36.4 Å². The molecule has 1 atom stereocenters. The maximum atomic E-state index is 13.7. The molecule has 0 spiro atoms. The lowest BCUT2D eigenvalue weighted by molar-refractivity contribution is 0.146. The summed E-state index contributed by atoms with van der Waals surface area (Å²) < 4.78 is 40.7. The number of hydrogen-bond donors (Lipinski definition) is 0. The van der Waals surface area contributed by atoms with Crippen LogP contribution >= 0.6 is 0 Å². The Morgan fingerprint density at radius 2 is 1.64 bits per heavy atom. The van der Waals surface area contributed by atoms with Gasteiger partial charge in [0.2, 0.25) is 10.0 Å². The molecule has 0 saturated carbocycles. The minimum atomic E-state index is -3.65. The van der Waals surface area contributed by atoms with Crippen LogP contribution in [0.25, 0.3) is 0 Å². The Hall–Kier alpha value is -1.76. The highest BCUT2D eigenvalue weighted by atomic mass is 32.2. The molecule has 0 radical (unpaired) electrons. The second-order valence-corrected chi connectivity index (χ2v) is 8.38. The van der Waals surface area contributed by atoms with E-state index in [9.17, 15) is 12.8 Å². The zero-order valence-corrected chi connectivity index (χ0v) is 15.3. The Bertz CT molecular complexity index is 832. The number of hydrogen-bond acceptors (Lipinski definition) is 3. The van der Waals surface area contributed by atoms with Crippen LogP contribution in [0.15, 0.2) is 53.4 Å². The van der Waals surface area contributed by atoms with E-state index in [2.05, 4.69) is 24.0 Å². The molecule has 3 rings (SSSR count). The molecular weight excluding hydrogens is 339 g/mol. The van der Waals surface area contributed by atoms with Crippen molar-refractivity contribution in [3.05, 3.63) is 65.5 Å². The van der Waals surface area contributed by atoms with Crippen molar-refractivity contribution in [2.45, 2.75) is 24.8 Å². The van der Waals surface area contributed by atoms with Gasteiger partial charge in [0.1, 0.15) is 5.82 Å². The third-order valence-corrected chi connectivity index (χ3v) is 6.78. The Kier molecular flexibility index (Phi) is 5.22. The molecule has 1 heterocycles. The van der Waals surface area contributed by atoms with E-state index in [1.54, 1.807) is 6.92 Å². The van der Waals surface area contributed by atoms with Crippen molar-refractivity contribution < 1.29 is 12.8 Å². The lowest BCUT2D eigenvalue weighted by atomic mass is 10.1. The van der Waals surface area contributed by atoms with Crippen LogP contribution < -0.4 is 0 Å². The van der Waals surface area contributed by atoms with Gasteiger partial charge in [-0.3, -0.25) is 4.90 Å². The molecule has 134 valence electrons. The monoisotopic (exact) mass is 362 g/mol. The van der Waals surface area contributed by atoms with E-state index in [4.69, 9.17) is 0 Å². The van der Waals surface area contributed by atoms with Gasteiger partial charge in [-0.15, -0.1) is 0 Å². The van der Waals surface area contributed by atoms with Crippen LogP contribution in [0, 0.1) is 12.7 Å². The van der Waals surface area contributed by atoms with Crippen molar-refractivity contribution in [3.63, 3.8) is 0 Å². The molecular formula is C19H23FN2O2S. The first-order valence-corrected chi connectivity index (χ1v) is 9.89. The van der Waals surface area contributed by atoms with Crippen molar-refractivity contribution in [1.82, 2.24) is 9.21 Å². The largest absolute Gasteiger partial charge is 0.294 e. The molecule has 6 heteroatoms. The summed E-state index contributed by atoms with van der Waals surface area (Å²) in [7, 11) is -3.65. The maximum absolute atomic E-state index is 13.7. The summed E-state index contributed by atoms with van der Waals surface area (Å²) in [5.41, 5.74) is 1.67. The topological polar surface area (TPSA) is 40.6 Å². The number of aryl methyl sites for hydroxylation is 1. The van der Waals surface area contributed by atoms with E-state index < -0.39 is 15.8 Å². The summed E-state index contributed by atoms with van der Waals surface area (Å²) in [6.45, 7) is 5.89. The van der Waals surface area contributed by atoms with Crippen molar-refractivity contribution >= 4 is 10.0 Å². The van der Waals surface area contributed by atoms with E-state index in [-0.39, 0.29) is 10.9 Å². The first kappa shape index (κ1) is 18.0. The molecule has 0 N–H and O–H groups in total. The SMILES string of the molecule is Cc1ccc(S(=O)(=O)N2CCN(C(C)c3ccccc3)CC2)cc1F. The van der Waals surface area contributed by atoms with Gasteiger partial charge in [0.15, 0.2) is 0 Å². The van der Waals surface area contributed by atoms with Crippen LogP contribution in [0.5, 0.6) is 0 Å². The molecule has 1 aliphatic rings. The highest BCUT2D eigenvalue weighted by Crippen LogP contribution is 2.24. The number of halogens is 1. The van der Waals surface area contributed by atoms with Crippen molar-refractivity contribution in [2.75, 3.05) is 26.2 Å². The molecule has 4 nitrogen and oxygen atoms in total. The zero-order chi connectivity index (χ0) is 18.0. The smallest absolute Gasteiger partial charge is 0.243 e. The van der Waals surface area contributed by atoms with Crippen molar-refractivity contribution in [3.8, 4) is 0 Å². The van der Waals surface area contributed by atoms with Gasteiger partial charge in [-0.25, -0.2) is 12.8 Å². The van der Waals surface area contributed by atoms with E-state index >= 15 is 0 Å². The molecule has 1 aliphatic heterocycles. The lowest BCUT2D eigenvalue weighted by Gasteiger charge is -2.37. The minimum absolute atomic E-state index is 0.0279. The number of piperazine rings is 1. The van der Waals surface area contributed by atoms with Crippen molar-refractivity contribution in [2.24, 2.45) is 0 Å². The number of nitrogens with zero attached hydrogens (tertiary/aromatic N) is 2. The Labute approximate surface area is 148 Å². The van der Waals surface area contributed by atoms with Gasteiger partial charge in [-0.05, 0) is 37.1 Å². The quantitative estimate of drug-likeness (QED) is 0.839. The van der Waals surface area contributed by atoms with Gasteiger partial charge in [-0.2, -0.15) is 4.31 Å². The lowest BCUT2D eigenvalue weighted by Crippen LogP contribution is -2.49. The van der Waals surface area contributed by atoms with Crippen LogP contribution in [0.1, 0.15) is 24.1 Å². The highest BCUT2D eigenvalue weighted by Gasteiger charge is 2.30. The normalized spacial score (nSPS) is 18.2. The predicted octanol–water partition coefficient (Wildman–Crippen LogP) is 3.20. The summed E-state index contributed by atoms with van der Waals surface area (Å²) in [5.74, 6) is -0.489. The fraction of sp³-hybridized carbons (Fsp3) is 0.368. The number of rotatable bonds is 4. The first-order chi connectivity index (χ1) is 11.9. The molecule has 0 amide bonds. The summed E-state index contributed by atoms with van der Waals surface area (Å²) >= 11 is 0. The molecule has 1 saturated heterocycles. The maximum Gasteiger partial charge on any atom is 0.243 e. The summed E-state index contributed by atoms with van der Waals surface area (Å²) in [5, 5.41) is 0. The van der Waals surface area contributed by atoms with Gasteiger partial charge in [0, 0.05) is 32.2 Å². The molecule has 0 aliphatic carbocycles. The Morgan fingerprint density at radius 1 is 1.00 bits per heavy atom. The van der Waals surface area contributed by atoms with E-state index in [1.165, 1.54) is 22.0 Å². The van der Waals surface area contributed by atoms with E-state index in [0.717, 1.165) is 6.07 Å². The van der Waals surface area contributed by atoms with Gasteiger partial charge >= 0.3 is 0 Å². The van der Waals surface area contributed by atoms with Crippen LogP contribution in [0.2, 0.25) is 0 Å². The number of benzene rings is 2. The standard InChI is InChI=1S/C19H23FN2O2S/c1-15-8-9-18(14-19(15)20)25(23,24)22-12-10-21(11-13-22)16(2)17-6-4-3-5-7-17/h3-9,14,16H,10-13H2,1-2H3.